The van der Waals surface area contributed by atoms with Gasteiger partial charge in [0.1, 0.15) is 10.7 Å². The van der Waals surface area contributed by atoms with Crippen LogP contribution in [0.3, 0.4) is 0 Å². The second-order valence-electron chi connectivity index (χ2n) is 7.40. The zero-order valence-electron chi connectivity index (χ0n) is 16.7. The van der Waals surface area contributed by atoms with Gasteiger partial charge in [0.05, 0.1) is 6.54 Å². The number of rotatable bonds is 6. The van der Waals surface area contributed by atoms with Gasteiger partial charge in [-0.1, -0.05) is 48.0 Å². The maximum atomic E-state index is 12.4. The molecule has 150 valence electrons. The number of piperazine rings is 1. The number of thiazole rings is 1. The second kappa shape index (κ2) is 9.20. The molecule has 2 aromatic carbocycles. The van der Waals surface area contributed by atoms with Crippen molar-refractivity contribution in [2.24, 2.45) is 0 Å². The van der Waals surface area contributed by atoms with Gasteiger partial charge in [0.15, 0.2) is 0 Å². The van der Waals surface area contributed by atoms with Crippen molar-refractivity contribution in [3.8, 4) is 0 Å². The molecule has 0 spiro atoms. The number of benzene rings is 2. The van der Waals surface area contributed by atoms with E-state index in [0.717, 1.165) is 43.3 Å². The van der Waals surface area contributed by atoms with Crippen LogP contribution in [0.1, 0.15) is 26.6 Å². The van der Waals surface area contributed by atoms with Crippen molar-refractivity contribution < 1.29 is 4.79 Å². The summed E-state index contributed by atoms with van der Waals surface area (Å²) in [5.74, 6) is -0.108. The van der Waals surface area contributed by atoms with Crippen LogP contribution in [0.5, 0.6) is 0 Å². The highest BCUT2D eigenvalue weighted by Gasteiger charge is 2.19. The zero-order chi connectivity index (χ0) is 20.1. The summed E-state index contributed by atoms with van der Waals surface area (Å²) >= 11 is 1.57. The lowest BCUT2D eigenvalue weighted by atomic mass is 10.1. The van der Waals surface area contributed by atoms with E-state index in [1.165, 1.54) is 11.3 Å². The molecule has 0 bridgehead atoms. The molecule has 4 rings (SSSR count). The Morgan fingerprint density at radius 1 is 1.07 bits per heavy atom. The fourth-order valence-corrected chi connectivity index (χ4v) is 4.39. The predicted octanol–water partition coefficient (Wildman–Crippen LogP) is 3.70. The van der Waals surface area contributed by atoms with Gasteiger partial charge in [-0.3, -0.25) is 9.69 Å². The average molecular weight is 407 g/mol. The van der Waals surface area contributed by atoms with E-state index in [2.05, 4.69) is 69.5 Å². The summed E-state index contributed by atoms with van der Waals surface area (Å²) in [5.41, 5.74) is 4.10. The molecular formula is C23H26N4OS. The van der Waals surface area contributed by atoms with Crippen molar-refractivity contribution in [1.82, 2.24) is 15.2 Å². The number of nitrogens with one attached hydrogen (secondary N) is 1. The fourth-order valence-electron chi connectivity index (χ4n) is 3.58. The summed E-state index contributed by atoms with van der Waals surface area (Å²) < 4.78 is 0. The van der Waals surface area contributed by atoms with Gasteiger partial charge in [0.2, 0.25) is 0 Å². The number of amides is 1. The first-order valence-corrected chi connectivity index (χ1v) is 10.9. The number of carbonyl (C=O) groups is 1. The van der Waals surface area contributed by atoms with Crippen LogP contribution in [-0.2, 0) is 13.1 Å². The van der Waals surface area contributed by atoms with Gasteiger partial charge in [0, 0.05) is 43.8 Å². The molecule has 1 aliphatic rings. The van der Waals surface area contributed by atoms with Crippen LogP contribution in [-0.4, -0.2) is 42.0 Å². The van der Waals surface area contributed by atoms with Crippen LogP contribution in [0.25, 0.3) is 0 Å². The summed E-state index contributed by atoms with van der Waals surface area (Å²) in [6.45, 7) is 7.41. The molecule has 0 atom stereocenters. The number of aryl methyl sites for hydroxylation is 1. The van der Waals surface area contributed by atoms with Crippen molar-refractivity contribution in [1.29, 1.82) is 0 Å². The summed E-state index contributed by atoms with van der Waals surface area (Å²) in [7, 11) is 0. The molecule has 6 heteroatoms. The van der Waals surface area contributed by atoms with Gasteiger partial charge in [-0.05, 0) is 24.6 Å². The number of carbonyl (C=O) groups excluding carboxylic acids is 1. The molecule has 3 aromatic rings. The van der Waals surface area contributed by atoms with Crippen LogP contribution in [0, 0.1) is 6.92 Å². The Balaban J connectivity index is 1.26. The van der Waals surface area contributed by atoms with Crippen LogP contribution in [0.15, 0.2) is 60.0 Å². The minimum Gasteiger partial charge on any atom is -0.369 e. The van der Waals surface area contributed by atoms with Gasteiger partial charge in [-0.2, -0.15) is 0 Å². The topological polar surface area (TPSA) is 48.5 Å². The van der Waals surface area contributed by atoms with Crippen molar-refractivity contribution in [3.63, 3.8) is 0 Å². The molecule has 0 unspecified atom stereocenters. The van der Waals surface area contributed by atoms with Crippen LogP contribution in [0.2, 0.25) is 0 Å². The number of para-hydroxylation sites is 1. The molecule has 1 aliphatic heterocycles. The van der Waals surface area contributed by atoms with Gasteiger partial charge in [-0.15, -0.1) is 11.3 Å². The molecule has 1 N–H and O–H groups in total. The number of anilines is 1. The fraction of sp³-hybridized carbons (Fsp3) is 0.304. The van der Waals surface area contributed by atoms with Crippen LogP contribution < -0.4 is 10.2 Å². The first kappa shape index (κ1) is 19.6. The van der Waals surface area contributed by atoms with E-state index < -0.39 is 0 Å². The summed E-state index contributed by atoms with van der Waals surface area (Å²) in [6.07, 6.45) is 0. The molecule has 1 aromatic heterocycles. The third kappa shape index (κ3) is 5.22. The molecular weight excluding hydrogens is 380 g/mol. The van der Waals surface area contributed by atoms with Crippen molar-refractivity contribution >= 4 is 22.9 Å². The Morgan fingerprint density at radius 2 is 1.86 bits per heavy atom. The van der Waals surface area contributed by atoms with Gasteiger partial charge >= 0.3 is 0 Å². The Kier molecular flexibility index (Phi) is 6.22. The largest absolute Gasteiger partial charge is 0.369 e. The number of aromatic nitrogens is 1. The van der Waals surface area contributed by atoms with Crippen LogP contribution >= 0.6 is 11.3 Å². The van der Waals surface area contributed by atoms with E-state index in [0.29, 0.717) is 12.2 Å². The Hall–Kier alpha value is -2.70. The molecule has 0 aliphatic carbocycles. The van der Waals surface area contributed by atoms with Crippen molar-refractivity contribution in [2.75, 3.05) is 31.1 Å². The maximum absolute atomic E-state index is 12.4. The number of hydrogen-bond acceptors (Lipinski definition) is 5. The number of hydrogen-bond donors (Lipinski definition) is 1. The van der Waals surface area contributed by atoms with Crippen molar-refractivity contribution in [2.45, 2.75) is 20.0 Å². The van der Waals surface area contributed by atoms with E-state index in [1.807, 2.05) is 17.5 Å². The monoisotopic (exact) mass is 406 g/mol. The third-order valence-corrected chi connectivity index (χ3v) is 6.01. The summed E-state index contributed by atoms with van der Waals surface area (Å²) in [6, 6.07) is 18.7. The highest BCUT2D eigenvalue weighted by atomic mass is 32.1. The van der Waals surface area contributed by atoms with E-state index in [4.69, 9.17) is 0 Å². The van der Waals surface area contributed by atoms with Gasteiger partial charge < -0.3 is 10.2 Å². The van der Waals surface area contributed by atoms with E-state index in [1.54, 1.807) is 11.3 Å². The molecule has 0 radical (unpaired) electrons. The Labute approximate surface area is 176 Å². The van der Waals surface area contributed by atoms with Gasteiger partial charge in [-0.25, -0.2) is 4.98 Å². The minimum absolute atomic E-state index is 0.108. The highest BCUT2D eigenvalue weighted by Crippen LogP contribution is 2.18. The normalized spacial score (nSPS) is 14.7. The summed E-state index contributed by atoms with van der Waals surface area (Å²) in [4.78, 5) is 21.8. The molecule has 1 saturated heterocycles. The lowest BCUT2D eigenvalue weighted by molar-refractivity contribution is 0.0946. The van der Waals surface area contributed by atoms with Crippen LogP contribution in [0.4, 0.5) is 5.69 Å². The first-order chi connectivity index (χ1) is 14.2. The highest BCUT2D eigenvalue weighted by molar-refractivity contribution is 7.09. The molecule has 29 heavy (non-hydrogen) atoms. The van der Waals surface area contributed by atoms with E-state index in [9.17, 15) is 4.79 Å². The second-order valence-corrected chi connectivity index (χ2v) is 8.34. The zero-order valence-corrected chi connectivity index (χ0v) is 17.5. The Morgan fingerprint density at radius 3 is 2.62 bits per heavy atom. The molecule has 2 heterocycles. The SMILES string of the molecule is Cc1cccc(CNC(=O)c2csc(CN3CCN(c4ccccc4)CC3)n2)c1. The van der Waals surface area contributed by atoms with Gasteiger partial charge in [0.25, 0.3) is 5.91 Å². The lowest BCUT2D eigenvalue weighted by Gasteiger charge is -2.35. The standard InChI is InChI=1S/C23H26N4OS/c1-18-6-5-7-19(14-18)15-24-23(28)21-17-29-22(25-21)16-26-10-12-27(13-11-26)20-8-3-2-4-9-20/h2-9,14,17H,10-13,15-16H2,1H3,(H,24,28). The molecule has 0 saturated carbocycles. The molecule has 1 fully saturated rings. The molecule has 1 amide bonds. The predicted molar refractivity (Wildman–Crippen MR) is 118 cm³/mol. The van der Waals surface area contributed by atoms with Crippen molar-refractivity contribution in [3.05, 3.63) is 81.8 Å². The third-order valence-electron chi connectivity index (χ3n) is 5.17. The lowest BCUT2D eigenvalue weighted by Crippen LogP contribution is -2.45. The summed E-state index contributed by atoms with van der Waals surface area (Å²) in [5, 5.41) is 5.83. The maximum Gasteiger partial charge on any atom is 0.271 e. The quantitative estimate of drug-likeness (QED) is 0.678. The number of nitrogens with zero attached hydrogens (tertiary/aromatic N) is 3. The van der Waals surface area contributed by atoms with E-state index >= 15 is 0 Å². The van der Waals surface area contributed by atoms with E-state index in [-0.39, 0.29) is 5.91 Å². The first-order valence-electron chi connectivity index (χ1n) is 9.98. The Bertz CT molecular complexity index is 948. The average Bonchev–Trinajstić information content (AvgIpc) is 3.22. The minimum atomic E-state index is -0.108. The smallest absolute Gasteiger partial charge is 0.271 e. The molecule has 5 nitrogen and oxygen atoms in total.